The van der Waals surface area contributed by atoms with Gasteiger partial charge in [-0.3, -0.25) is 4.79 Å². The molecule has 2 fully saturated rings. The number of piperidine rings is 1. The highest BCUT2D eigenvalue weighted by Crippen LogP contribution is 2.22. The van der Waals surface area contributed by atoms with E-state index < -0.39 is 0 Å². The predicted octanol–water partition coefficient (Wildman–Crippen LogP) is 1.53. The number of nitrogens with one attached hydrogen (secondary N) is 1. The third-order valence-corrected chi connectivity index (χ3v) is 3.74. The molecule has 0 aliphatic carbocycles. The summed E-state index contributed by atoms with van der Waals surface area (Å²) in [5, 5.41) is 3.35. The molecule has 0 radical (unpaired) electrons. The number of hydrogen-bond donors (Lipinski definition) is 1. The lowest BCUT2D eigenvalue weighted by Gasteiger charge is -2.30. The second-order valence-electron chi connectivity index (χ2n) is 4.74. The maximum absolute atomic E-state index is 12.2. The zero-order valence-electron chi connectivity index (χ0n) is 9.67. The molecule has 0 saturated carbocycles. The van der Waals surface area contributed by atoms with E-state index in [-0.39, 0.29) is 6.04 Å². The first-order chi connectivity index (χ1) is 7.33. The van der Waals surface area contributed by atoms with Crippen molar-refractivity contribution in [3.8, 4) is 0 Å². The molecule has 3 nitrogen and oxygen atoms in total. The summed E-state index contributed by atoms with van der Waals surface area (Å²) in [5.41, 5.74) is 0. The lowest BCUT2D eigenvalue weighted by molar-refractivity contribution is -0.134. The molecule has 2 rings (SSSR count). The Kier molecular flexibility index (Phi) is 3.62. The summed E-state index contributed by atoms with van der Waals surface area (Å²) in [6.45, 7) is 4.18. The molecule has 0 aromatic carbocycles. The highest BCUT2D eigenvalue weighted by molar-refractivity contribution is 5.82. The molecule has 0 spiro atoms. The van der Waals surface area contributed by atoms with E-state index in [1.807, 2.05) is 0 Å². The van der Waals surface area contributed by atoms with Gasteiger partial charge in [-0.25, -0.2) is 0 Å². The molecule has 1 amide bonds. The highest BCUT2D eigenvalue weighted by Gasteiger charge is 2.32. The molecule has 2 aliphatic heterocycles. The van der Waals surface area contributed by atoms with Gasteiger partial charge in [-0.2, -0.15) is 0 Å². The van der Waals surface area contributed by atoms with Gasteiger partial charge >= 0.3 is 0 Å². The Balaban J connectivity index is 1.93. The number of nitrogens with zero attached hydrogens (tertiary/aromatic N) is 1. The van der Waals surface area contributed by atoms with Gasteiger partial charge in [0.25, 0.3) is 0 Å². The number of likely N-dealkylation sites (tertiary alicyclic amines) is 1. The molecule has 2 atom stereocenters. The third-order valence-electron chi connectivity index (χ3n) is 3.74. The lowest BCUT2D eigenvalue weighted by atomic mass is 10.0. The van der Waals surface area contributed by atoms with Gasteiger partial charge in [-0.05, 0) is 38.6 Å². The van der Waals surface area contributed by atoms with Crippen LogP contribution >= 0.6 is 0 Å². The van der Waals surface area contributed by atoms with Gasteiger partial charge < -0.3 is 10.2 Å². The number of hydrogen-bond acceptors (Lipinski definition) is 2. The van der Waals surface area contributed by atoms with Crippen LogP contribution in [0.1, 0.15) is 45.4 Å². The molecule has 0 bridgehead atoms. The molecule has 2 saturated heterocycles. The molecular formula is C12H22N2O. The van der Waals surface area contributed by atoms with E-state index in [4.69, 9.17) is 0 Å². The van der Waals surface area contributed by atoms with Crippen LogP contribution in [0, 0.1) is 0 Å². The van der Waals surface area contributed by atoms with Gasteiger partial charge in [0.15, 0.2) is 0 Å². The van der Waals surface area contributed by atoms with Crippen LogP contribution in [-0.4, -0.2) is 36.0 Å². The Hall–Kier alpha value is -0.570. The van der Waals surface area contributed by atoms with Gasteiger partial charge in [0.1, 0.15) is 0 Å². The summed E-state index contributed by atoms with van der Waals surface area (Å²) in [6.07, 6.45) is 6.96. The minimum atomic E-state index is 0.117. The Morgan fingerprint density at radius 1 is 1.33 bits per heavy atom. The average Bonchev–Trinajstić information content (AvgIpc) is 2.77. The summed E-state index contributed by atoms with van der Waals surface area (Å²) < 4.78 is 0. The van der Waals surface area contributed by atoms with E-state index in [0.717, 1.165) is 25.9 Å². The standard InChI is InChI=1S/C12H22N2O/c1-2-10-6-5-9-14(10)12(15)11-7-3-4-8-13-11/h10-11,13H,2-9H2,1H3. The number of amides is 1. The number of rotatable bonds is 2. The molecule has 15 heavy (non-hydrogen) atoms. The van der Waals surface area contributed by atoms with Gasteiger partial charge in [0.2, 0.25) is 5.91 Å². The lowest BCUT2D eigenvalue weighted by Crippen LogP contribution is -2.49. The van der Waals surface area contributed by atoms with Gasteiger partial charge in [0, 0.05) is 12.6 Å². The van der Waals surface area contributed by atoms with Crippen LogP contribution < -0.4 is 5.32 Å². The number of carbonyl (C=O) groups excluding carboxylic acids is 1. The topological polar surface area (TPSA) is 32.3 Å². The Labute approximate surface area is 92.2 Å². The average molecular weight is 210 g/mol. The molecule has 2 heterocycles. The number of carbonyl (C=O) groups is 1. The minimum absolute atomic E-state index is 0.117. The molecule has 1 N–H and O–H groups in total. The monoisotopic (exact) mass is 210 g/mol. The second-order valence-corrected chi connectivity index (χ2v) is 4.74. The van der Waals surface area contributed by atoms with Crippen LogP contribution in [-0.2, 0) is 4.79 Å². The van der Waals surface area contributed by atoms with Crippen molar-refractivity contribution in [2.75, 3.05) is 13.1 Å². The predicted molar refractivity (Wildman–Crippen MR) is 60.7 cm³/mol. The van der Waals surface area contributed by atoms with Crippen LogP contribution in [0.2, 0.25) is 0 Å². The summed E-state index contributed by atoms with van der Waals surface area (Å²) in [7, 11) is 0. The van der Waals surface area contributed by atoms with E-state index in [0.29, 0.717) is 11.9 Å². The fourth-order valence-electron chi connectivity index (χ4n) is 2.81. The normalized spacial score (nSPS) is 31.9. The van der Waals surface area contributed by atoms with Crippen molar-refractivity contribution < 1.29 is 4.79 Å². The Morgan fingerprint density at radius 3 is 2.87 bits per heavy atom. The van der Waals surface area contributed by atoms with Crippen molar-refractivity contribution in [3.63, 3.8) is 0 Å². The minimum Gasteiger partial charge on any atom is -0.338 e. The summed E-state index contributed by atoms with van der Waals surface area (Å²) in [6, 6.07) is 0.632. The van der Waals surface area contributed by atoms with E-state index in [1.54, 1.807) is 0 Å². The third kappa shape index (κ3) is 2.33. The quantitative estimate of drug-likeness (QED) is 0.749. The molecular weight excluding hydrogens is 188 g/mol. The van der Waals surface area contributed by atoms with Gasteiger partial charge in [-0.15, -0.1) is 0 Å². The maximum Gasteiger partial charge on any atom is 0.239 e. The van der Waals surface area contributed by atoms with Crippen molar-refractivity contribution in [3.05, 3.63) is 0 Å². The zero-order chi connectivity index (χ0) is 10.7. The van der Waals surface area contributed by atoms with E-state index in [2.05, 4.69) is 17.1 Å². The molecule has 2 unspecified atom stereocenters. The summed E-state index contributed by atoms with van der Waals surface area (Å²) in [4.78, 5) is 14.3. The first-order valence-electron chi connectivity index (χ1n) is 6.36. The zero-order valence-corrected chi connectivity index (χ0v) is 9.67. The largest absolute Gasteiger partial charge is 0.338 e. The van der Waals surface area contributed by atoms with Crippen molar-refractivity contribution in [1.82, 2.24) is 10.2 Å². The van der Waals surface area contributed by atoms with Crippen LogP contribution in [0.4, 0.5) is 0 Å². The molecule has 0 aromatic rings. The summed E-state index contributed by atoms with van der Waals surface area (Å²) >= 11 is 0. The van der Waals surface area contributed by atoms with Crippen molar-refractivity contribution in [2.45, 2.75) is 57.5 Å². The van der Waals surface area contributed by atoms with Gasteiger partial charge in [0.05, 0.1) is 6.04 Å². The fourth-order valence-corrected chi connectivity index (χ4v) is 2.81. The van der Waals surface area contributed by atoms with E-state index in [9.17, 15) is 4.79 Å². The first kappa shape index (κ1) is 10.9. The SMILES string of the molecule is CCC1CCCN1C(=O)C1CCCCN1. The molecule has 2 aliphatic rings. The molecule has 86 valence electrons. The Morgan fingerprint density at radius 2 is 2.20 bits per heavy atom. The van der Waals surface area contributed by atoms with E-state index >= 15 is 0 Å². The summed E-state index contributed by atoms with van der Waals surface area (Å²) in [5.74, 6) is 0.360. The van der Waals surface area contributed by atoms with Gasteiger partial charge in [-0.1, -0.05) is 13.3 Å². The van der Waals surface area contributed by atoms with Crippen LogP contribution in [0.5, 0.6) is 0 Å². The van der Waals surface area contributed by atoms with Crippen LogP contribution in [0.3, 0.4) is 0 Å². The van der Waals surface area contributed by atoms with Crippen molar-refractivity contribution in [1.29, 1.82) is 0 Å². The highest BCUT2D eigenvalue weighted by atomic mass is 16.2. The second kappa shape index (κ2) is 4.97. The van der Waals surface area contributed by atoms with Crippen molar-refractivity contribution in [2.24, 2.45) is 0 Å². The Bertz CT molecular complexity index is 224. The smallest absolute Gasteiger partial charge is 0.239 e. The molecule has 0 aromatic heterocycles. The van der Waals surface area contributed by atoms with Crippen LogP contribution in [0.25, 0.3) is 0 Å². The first-order valence-corrected chi connectivity index (χ1v) is 6.36. The maximum atomic E-state index is 12.2. The van der Waals surface area contributed by atoms with E-state index in [1.165, 1.54) is 25.7 Å². The van der Waals surface area contributed by atoms with Crippen molar-refractivity contribution >= 4 is 5.91 Å². The molecule has 3 heteroatoms. The van der Waals surface area contributed by atoms with Crippen LogP contribution in [0.15, 0.2) is 0 Å². The fraction of sp³-hybridized carbons (Fsp3) is 0.917.